The Kier molecular flexibility index (Phi) is 8.76. The summed E-state index contributed by atoms with van der Waals surface area (Å²) in [6.45, 7) is 3.31. The number of hydrogen-bond acceptors (Lipinski definition) is 9. The predicted octanol–water partition coefficient (Wildman–Crippen LogP) is 5.04. The zero-order valence-electron chi connectivity index (χ0n) is 22.0. The SMILES string of the molecule is CCOC(=O)c1c(Nc2cnccn2)nn(C)c1-c1ccc(NS(=O)(=O)C(F)F)c(O[C@@H](C)c2ccc(F)cc2)c1. The predicted molar refractivity (Wildman–Crippen MR) is 144 cm³/mol. The zero-order chi connectivity index (χ0) is 29.7. The second-order valence-electron chi connectivity index (χ2n) is 8.56. The Morgan fingerprint density at radius 1 is 1.12 bits per heavy atom. The molecule has 0 spiro atoms. The van der Waals surface area contributed by atoms with Crippen molar-refractivity contribution in [2.24, 2.45) is 7.05 Å². The largest absolute Gasteiger partial charge is 0.484 e. The van der Waals surface area contributed by atoms with E-state index in [-0.39, 0.29) is 35.1 Å². The molecule has 15 heteroatoms. The number of ether oxygens (including phenoxy) is 2. The van der Waals surface area contributed by atoms with Crippen molar-refractivity contribution in [1.82, 2.24) is 19.7 Å². The number of anilines is 3. The molecule has 4 aromatic rings. The number of sulfonamides is 1. The van der Waals surface area contributed by atoms with E-state index in [0.717, 1.165) is 0 Å². The van der Waals surface area contributed by atoms with E-state index >= 15 is 0 Å². The highest BCUT2D eigenvalue weighted by molar-refractivity contribution is 7.93. The van der Waals surface area contributed by atoms with Crippen LogP contribution in [0.25, 0.3) is 11.3 Å². The van der Waals surface area contributed by atoms with E-state index in [1.54, 1.807) is 20.9 Å². The fraction of sp³-hybridized carbons (Fsp3) is 0.231. The lowest BCUT2D eigenvalue weighted by Gasteiger charge is -2.20. The standard InChI is InChI=1S/C26H25F3N6O5S/c1-4-39-25(36)22-23(35(3)33-24(22)32-21-14-30-11-12-31-21)17-7-10-19(34-41(37,38)26(28)29)20(13-17)40-15(2)16-5-8-18(27)9-6-16/h5-15,26,34H,4H2,1-3H3,(H,31,32,33)/t15-/m0/s1. The van der Waals surface area contributed by atoms with Crippen molar-refractivity contribution in [3.8, 4) is 17.0 Å². The minimum absolute atomic E-state index is 0.0263. The van der Waals surface area contributed by atoms with E-state index in [4.69, 9.17) is 9.47 Å². The maximum absolute atomic E-state index is 13.4. The Morgan fingerprint density at radius 2 is 1.85 bits per heavy atom. The molecule has 0 unspecified atom stereocenters. The summed E-state index contributed by atoms with van der Waals surface area (Å²) in [7, 11) is -3.49. The molecule has 0 amide bonds. The lowest BCUT2D eigenvalue weighted by Crippen LogP contribution is -2.21. The monoisotopic (exact) mass is 590 g/mol. The smallest absolute Gasteiger partial charge is 0.355 e. The third-order valence-corrected chi connectivity index (χ3v) is 6.69. The van der Waals surface area contributed by atoms with Crippen LogP contribution < -0.4 is 14.8 Å². The van der Waals surface area contributed by atoms with Crippen LogP contribution >= 0.6 is 0 Å². The van der Waals surface area contributed by atoms with Gasteiger partial charge in [0.05, 0.1) is 24.2 Å². The van der Waals surface area contributed by atoms with Gasteiger partial charge in [0.15, 0.2) is 5.82 Å². The van der Waals surface area contributed by atoms with Crippen LogP contribution in [-0.4, -0.2) is 46.5 Å². The number of carbonyl (C=O) groups excluding carboxylic acids is 1. The van der Waals surface area contributed by atoms with Gasteiger partial charge in [-0.2, -0.15) is 13.9 Å². The van der Waals surface area contributed by atoms with Crippen LogP contribution in [0.1, 0.15) is 35.9 Å². The van der Waals surface area contributed by atoms with Crippen LogP contribution in [0.2, 0.25) is 0 Å². The Hall–Kier alpha value is -4.66. The Labute approximate surface area is 233 Å². The molecule has 0 saturated carbocycles. The third-order valence-electron chi connectivity index (χ3n) is 5.72. The summed E-state index contributed by atoms with van der Waals surface area (Å²) in [6, 6.07) is 9.38. The van der Waals surface area contributed by atoms with E-state index in [9.17, 15) is 26.4 Å². The maximum atomic E-state index is 13.4. The summed E-state index contributed by atoms with van der Waals surface area (Å²) < 4.78 is 78.2. The van der Waals surface area contributed by atoms with Gasteiger partial charge >= 0.3 is 11.7 Å². The number of nitrogens with one attached hydrogen (secondary N) is 2. The average molecular weight is 591 g/mol. The fourth-order valence-corrected chi connectivity index (χ4v) is 4.43. The van der Waals surface area contributed by atoms with Crippen molar-refractivity contribution in [3.05, 3.63) is 78.0 Å². The molecule has 0 saturated heterocycles. The van der Waals surface area contributed by atoms with Crippen molar-refractivity contribution in [1.29, 1.82) is 0 Å². The molecule has 0 aliphatic rings. The number of aryl methyl sites for hydroxylation is 1. The summed E-state index contributed by atoms with van der Waals surface area (Å²) >= 11 is 0. The normalized spacial score (nSPS) is 12.2. The Morgan fingerprint density at radius 3 is 2.49 bits per heavy atom. The van der Waals surface area contributed by atoms with E-state index < -0.39 is 33.7 Å². The average Bonchev–Trinajstić information content (AvgIpc) is 3.25. The van der Waals surface area contributed by atoms with Gasteiger partial charge in [0, 0.05) is 25.0 Å². The molecule has 0 aliphatic heterocycles. The van der Waals surface area contributed by atoms with Gasteiger partial charge in [-0.05, 0) is 43.7 Å². The molecular formula is C26H25F3N6O5S. The second kappa shape index (κ2) is 12.2. The molecule has 0 bridgehead atoms. The first kappa shape index (κ1) is 29.3. The van der Waals surface area contributed by atoms with Crippen molar-refractivity contribution in [3.63, 3.8) is 0 Å². The molecule has 0 radical (unpaired) electrons. The third kappa shape index (κ3) is 6.74. The number of hydrogen-bond donors (Lipinski definition) is 2. The highest BCUT2D eigenvalue weighted by Crippen LogP contribution is 2.38. The van der Waals surface area contributed by atoms with Crippen LogP contribution in [0.3, 0.4) is 0 Å². The molecule has 0 fully saturated rings. The van der Waals surface area contributed by atoms with Gasteiger partial charge in [-0.1, -0.05) is 18.2 Å². The van der Waals surface area contributed by atoms with Crippen LogP contribution in [0.4, 0.5) is 30.5 Å². The minimum atomic E-state index is -5.05. The van der Waals surface area contributed by atoms with Crippen LogP contribution in [0, 0.1) is 5.82 Å². The number of esters is 1. The van der Waals surface area contributed by atoms with E-state index in [1.807, 2.05) is 4.72 Å². The topological polar surface area (TPSA) is 137 Å². The number of alkyl halides is 2. The molecule has 41 heavy (non-hydrogen) atoms. The van der Waals surface area contributed by atoms with Gasteiger partial charge in [0.25, 0.3) is 10.0 Å². The summed E-state index contributed by atoms with van der Waals surface area (Å²) in [4.78, 5) is 21.2. The molecule has 216 valence electrons. The van der Waals surface area contributed by atoms with Crippen molar-refractivity contribution in [2.45, 2.75) is 25.7 Å². The van der Waals surface area contributed by atoms with Gasteiger partial charge in [-0.3, -0.25) is 14.4 Å². The van der Waals surface area contributed by atoms with Crippen molar-refractivity contribution < 1.29 is 35.9 Å². The molecule has 2 aromatic carbocycles. The van der Waals surface area contributed by atoms with E-state index in [1.165, 1.54) is 65.7 Å². The van der Waals surface area contributed by atoms with Crippen molar-refractivity contribution >= 4 is 33.3 Å². The summed E-state index contributed by atoms with van der Waals surface area (Å²) in [5, 5.41) is 7.31. The molecule has 2 aromatic heterocycles. The lowest BCUT2D eigenvalue weighted by molar-refractivity contribution is 0.0528. The van der Waals surface area contributed by atoms with Crippen LogP contribution in [-0.2, 0) is 21.8 Å². The van der Waals surface area contributed by atoms with Gasteiger partial charge < -0.3 is 14.8 Å². The first-order valence-corrected chi connectivity index (χ1v) is 13.7. The number of aromatic nitrogens is 4. The van der Waals surface area contributed by atoms with Crippen LogP contribution in [0.15, 0.2) is 61.1 Å². The number of benzene rings is 2. The first-order valence-electron chi connectivity index (χ1n) is 12.1. The molecule has 4 rings (SSSR count). The Balaban J connectivity index is 1.83. The van der Waals surface area contributed by atoms with Gasteiger partial charge in [0.2, 0.25) is 0 Å². The number of nitrogens with zero attached hydrogens (tertiary/aromatic N) is 4. The van der Waals surface area contributed by atoms with Crippen LogP contribution in [0.5, 0.6) is 5.75 Å². The number of halogens is 3. The maximum Gasteiger partial charge on any atom is 0.355 e. The number of rotatable bonds is 11. The molecule has 0 aliphatic carbocycles. The summed E-state index contributed by atoms with van der Waals surface area (Å²) in [5.74, 6) is -4.62. The quantitative estimate of drug-likeness (QED) is 0.230. The molecule has 2 heterocycles. The van der Waals surface area contributed by atoms with Gasteiger partial charge in [-0.25, -0.2) is 22.6 Å². The zero-order valence-corrected chi connectivity index (χ0v) is 22.8. The van der Waals surface area contributed by atoms with Gasteiger partial charge in [-0.15, -0.1) is 0 Å². The van der Waals surface area contributed by atoms with Gasteiger partial charge in [0.1, 0.15) is 29.1 Å². The molecule has 11 nitrogen and oxygen atoms in total. The molecule has 1 atom stereocenters. The Bertz CT molecular complexity index is 1630. The second-order valence-corrected chi connectivity index (χ2v) is 10.2. The highest BCUT2D eigenvalue weighted by atomic mass is 32.2. The first-order chi connectivity index (χ1) is 19.5. The molecule has 2 N–H and O–H groups in total. The van der Waals surface area contributed by atoms with E-state index in [2.05, 4.69) is 20.4 Å². The molecular weight excluding hydrogens is 565 g/mol. The highest BCUT2D eigenvalue weighted by Gasteiger charge is 2.29. The summed E-state index contributed by atoms with van der Waals surface area (Å²) in [5.41, 5.74) is 0.843. The number of carbonyl (C=O) groups is 1. The summed E-state index contributed by atoms with van der Waals surface area (Å²) in [6.07, 6.45) is 3.59. The van der Waals surface area contributed by atoms with Crippen molar-refractivity contribution in [2.75, 3.05) is 16.6 Å². The van der Waals surface area contributed by atoms with E-state index in [0.29, 0.717) is 16.9 Å². The fourth-order valence-electron chi connectivity index (χ4n) is 3.87. The lowest BCUT2D eigenvalue weighted by atomic mass is 10.1. The minimum Gasteiger partial charge on any atom is -0.484 e.